The van der Waals surface area contributed by atoms with Crippen molar-refractivity contribution in [2.24, 2.45) is 10.3 Å². The Kier molecular flexibility index (Phi) is 3.35. The van der Waals surface area contributed by atoms with E-state index in [2.05, 4.69) is 23.5 Å². The van der Waals surface area contributed by atoms with E-state index in [1.54, 1.807) is 12.5 Å². The highest BCUT2D eigenvalue weighted by Gasteiger charge is 2.24. The normalized spacial score (nSPS) is 35.8. The summed E-state index contributed by atoms with van der Waals surface area (Å²) >= 11 is 0. The quantitative estimate of drug-likeness (QED) is 0.695. The van der Waals surface area contributed by atoms with Crippen LogP contribution < -0.4 is 5.32 Å². The number of piperidine rings is 1. The Morgan fingerprint density at radius 3 is 2.54 bits per heavy atom. The fourth-order valence-electron chi connectivity index (χ4n) is 1.68. The number of hydrogen-bond donors (Lipinski definition) is 1. The predicted molar refractivity (Wildman–Crippen MR) is 57.5 cm³/mol. The van der Waals surface area contributed by atoms with Crippen molar-refractivity contribution in [1.29, 1.82) is 0 Å². The van der Waals surface area contributed by atoms with E-state index in [9.17, 15) is 4.21 Å². The summed E-state index contributed by atoms with van der Waals surface area (Å²) in [5.41, 5.74) is 0. The molecule has 1 aliphatic heterocycles. The minimum Gasteiger partial charge on any atom is -0.312 e. The monoisotopic (exact) mass is 204 g/mol. The molecule has 0 amide bonds. The van der Waals surface area contributed by atoms with Crippen LogP contribution in [0.1, 0.15) is 20.3 Å². The van der Waals surface area contributed by atoms with E-state index in [-0.39, 0.29) is 6.04 Å². The van der Waals surface area contributed by atoms with Gasteiger partial charge in [-0.2, -0.15) is 0 Å². The van der Waals surface area contributed by atoms with Crippen molar-refractivity contribution in [3.8, 4) is 0 Å². The van der Waals surface area contributed by atoms with E-state index in [4.69, 9.17) is 0 Å². The number of nitrogens with one attached hydrogen (secondary N) is 1. The zero-order valence-electron chi connectivity index (χ0n) is 8.91. The molecule has 3 unspecified atom stereocenters. The molecule has 0 saturated carbocycles. The molecule has 78 valence electrons. The highest BCUT2D eigenvalue weighted by atomic mass is 32.2. The molecule has 0 spiro atoms. The van der Waals surface area contributed by atoms with Gasteiger partial charge in [0.05, 0.1) is 6.04 Å². The van der Waals surface area contributed by atoms with Crippen LogP contribution >= 0.6 is 0 Å². The molecule has 13 heavy (non-hydrogen) atoms. The Morgan fingerprint density at radius 2 is 2.00 bits per heavy atom. The fourth-order valence-corrected chi connectivity index (χ4v) is 2.60. The van der Waals surface area contributed by atoms with Crippen molar-refractivity contribution in [2.45, 2.75) is 32.4 Å². The topological polar surface area (TPSA) is 41.5 Å². The third kappa shape index (κ3) is 3.65. The van der Waals surface area contributed by atoms with Crippen LogP contribution in [-0.2, 0) is 9.73 Å². The zero-order chi connectivity index (χ0) is 10.1. The van der Waals surface area contributed by atoms with Crippen LogP contribution in [0.5, 0.6) is 0 Å². The molecule has 1 saturated heterocycles. The summed E-state index contributed by atoms with van der Waals surface area (Å²) < 4.78 is 15.9. The van der Waals surface area contributed by atoms with Gasteiger partial charge in [0.15, 0.2) is 0 Å². The lowest BCUT2D eigenvalue weighted by molar-refractivity contribution is 0.304. The van der Waals surface area contributed by atoms with Gasteiger partial charge in [-0.25, -0.2) is 4.36 Å². The van der Waals surface area contributed by atoms with Crippen molar-refractivity contribution >= 4 is 9.73 Å². The van der Waals surface area contributed by atoms with E-state index in [0.717, 1.165) is 13.0 Å². The molecule has 1 rings (SSSR count). The van der Waals surface area contributed by atoms with E-state index < -0.39 is 9.73 Å². The molecule has 4 heteroatoms. The molecule has 1 heterocycles. The smallest absolute Gasteiger partial charge is 0.0747 e. The first kappa shape index (κ1) is 11.0. The van der Waals surface area contributed by atoms with Gasteiger partial charge < -0.3 is 5.32 Å². The Balaban J connectivity index is 2.73. The lowest BCUT2D eigenvalue weighted by atomic mass is 9.93. The molecule has 0 aromatic rings. The number of hydrogen-bond acceptors (Lipinski definition) is 3. The van der Waals surface area contributed by atoms with Crippen LogP contribution in [-0.4, -0.2) is 35.3 Å². The predicted octanol–water partition coefficient (Wildman–Crippen LogP) is 1.10. The molecule has 3 atom stereocenters. The first-order chi connectivity index (χ1) is 5.88. The molecule has 0 aromatic carbocycles. The molecule has 3 nitrogen and oxygen atoms in total. The first-order valence-corrected chi connectivity index (χ1v) is 7.11. The second-order valence-corrected chi connectivity index (χ2v) is 6.97. The van der Waals surface area contributed by atoms with Crippen LogP contribution in [0.25, 0.3) is 0 Å². The van der Waals surface area contributed by atoms with Crippen LogP contribution in [0.15, 0.2) is 4.36 Å². The van der Waals surface area contributed by atoms with E-state index >= 15 is 0 Å². The van der Waals surface area contributed by atoms with Crippen LogP contribution in [0.4, 0.5) is 0 Å². The van der Waals surface area contributed by atoms with Gasteiger partial charge in [0.2, 0.25) is 0 Å². The highest BCUT2D eigenvalue weighted by molar-refractivity contribution is 7.92. The number of nitrogens with zero attached hydrogens (tertiary/aromatic N) is 1. The maximum absolute atomic E-state index is 11.5. The molecule has 0 aromatic heterocycles. The van der Waals surface area contributed by atoms with Gasteiger partial charge in [0.1, 0.15) is 0 Å². The minimum absolute atomic E-state index is 0.228. The van der Waals surface area contributed by atoms with Crippen molar-refractivity contribution in [2.75, 3.05) is 19.1 Å². The first-order valence-electron chi connectivity index (χ1n) is 4.78. The molecule has 0 aliphatic carbocycles. The molecular weight excluding hydrogens is 184 g/mol. The van der Waals surface area contributed by atoms with Gasteiger partial charge in [-0.05, 0) is 25.8 Å². The third-order valence-electron chi connectivity index (χ3n) is 2.40. The van der Waals surface area contributed by atoms with Gasteiger partial charge in [-0.1, -0.05) is 6.92 Å². The van der Waals surface area contributed by atoms with Crippen molar-refractivity contribution < 1.29 is 4.21 Å². The molecule has 1 aliphatic rings. The van der Waals surface area contributed by atoms with Gasteiger partial charge in [0, 0.05) is 28.3 Å². The van der Waals surface area contributed by atoms with E-state index in [1.165, 1.54) is 0 Å². The Labute approximate surface area is 81.5 Å². The maximum Gasteiger partial charge on any atom is 0.0747 e. The Hall–Kier alpha value is -0.0900. The van der Waals surface area contributed by atoms with Gasteiger partial charge in [0.25, 0.3) is 0 Å². The lowest BCUT2D eigenvalue weighted by Crippen LogP contribution is -2.45. The molecular formula is C9H20N2OS. The van der Waals surface area contributed by atoms with Crippen molar-refractivity contribution in [3.05, 3.63) is 0 Å². The summed E-state index contributed by atoms with van der Waals surface area (Å²) in [4.78, 5) is 0. The average Bonchev–Trinajstić information content (AvgIpc) is 1.94. The summed E-state index contributed by atoms with van der Waals surface area (Å²) in [6.45, 7) is 5.38. The molecule has 1 N–H and O–H groups in total. The van der Waals surface area contributed by atoms with Gasteiger partial charge in [-0.3, -0.25) is 4.21 Å². The summed E-state index contributed by atoms with van der Waals surface area (Å²) in [5, 5.41) is 3.39. The second kappa shape index (κ2) is 3.96. The van der Waals surface area contributed by atoms with E-state index in [1.807, 2.05) is 0 Å². The SMILES string of the molecule is CC1CNC(C)C(N=S(C)(C)=O)C1. The standard InChI is InChI=1S/C9H20N2OS/c1-7-5-9(8(2)10-6-7)11-13(3,4)12/h7-10H,5-6H2,1-4H3. The molecule has 0 bridgehead atoms. The highest BCUT2D eigenvalue weighted by Crippen LogP contribution is 2.18. The van der Waals surface area contributed by atoms with Crippen molar-refractivity contribution in [3.63, 3.8) is 0 Å². The summed E-state index contributed by atoms with van der Waals surface area (Å²) in [6.07, 6.45) is 4.48. The lowest BCUT2D eigenvalue weighted by Gasteiger charge is -2.31. The summed E-state index contributed by atoms with van der Waals surface area (Å²) in [6, 6.07) is 0.600. The van der Waals surface area contributed by atoms with Crippen LogP contribution in [0.3, 0.4) is 0 Å². The molecule has 1 fully saturated rings. The van der Waals surface area contributed by atoms with Crippen LogP contribution in [0.2, 0.25) is 0 Å². The summed E-state index contributed by atoms with van der Waals surface area (Å²) in [5.74, 6) is 0.645. The van der Waals surface area contributed by atoms with Gasteiger partial charge >= 0.3 is 0 Å². The molecule has 0 radical (unpaired) electrons. The maximum atomic E-state index is 11.5. The largest absolute Gasteiger partial charge is 0.312 e. The van der Waals surface area contributed by atoms with Crippen LogP contribution in [0, 0.1) is 5.92 Å². The minimum atomic E-state index is -1.95. The third-order valence-corrected chi connectivity index (χ3v) is 3.18. The van der Waals surface area contributed by atoms with E-state index in [0.29, 0.717) is 12.0 Å². The Bertz CT molecular complexity index is 273. The fraction of sp³-hybridized carbons (Fsp3) is 1.00. The number of rotatable bonds is 1. The van der Waals surface area contributed by atoms with Crippen molar-refractivity contribution in [1.82, 2.24) is 5.32 Å². The second-order valence-electron chi connectivity index (χ2n) is 4.39. The zero-order valence-corrected chi connectivity index (χ0v) is 9.73. The Morgan fingerprint density at radius 1 is 1.38 bits per heavy atom. The summed E-state index contributed by atoms with van der Waals surface area (Å²) in [7, 11) is -1.95. The van der Waals surface area contributed by atoms with Gasteiger partial charge in [-0.15, -0.1) is 0 Å². The average molecular weight is 204 g/mol.